The van der Waals surface area contributed by atoms with Crippen molar-refractivity contribution in [3.05, 3.63) is 23.8 Å². The highest BCUT2D eigenvalue weighted by molar-refractivity contribution is 5.98. The Labute approximate surface area is 113 Å². The van der Waals surface area contributed by atoms with Crippen molar-refractivity contribution >= 4 is 11.6 Å². The van der Waals surface area contributed by atoms with E-state index < -0.39 is 0 Å². The molecule has 0 bridgehead atoms. The molecule has 1 fully saturated rings. The Balaban J connectivity index is 1.95. The van der Waals surface area contributed by atoms with E-state index in [0.717, 1.165) is 12.8 Å². The number of nitrogens with one attached hydrogen (secondary N) is 1. The summed E-state index contributed by atoms with van der Waals surface area (Å²) in [4.78, 5) is 12.2. The van der Waals surface area contributed by atoms with Crippen molar-refractivity contribution in [2.24, 2.45) is 0 Å². The van der Waals surface area contributed by atoms with Gasteiger partial charge in [-0.2, -0.15) is 0 Å². The number of nitrogen functional groups attached to an aromatic ring is 1. The van der Waals surface area contributed by atoms with Crippen molar-refractivity contribution in [1.82, 2.24) is 5.32 Å². The summed E-state index contributed by atoms with van der Waals surface area (Å²) >= 11 is 0. The molecule has 1 aliphatic rings. The summed E-state index contributed by atoms with van der Waals surface area (Å²) in [6.07, 6.45) is 2.01. The minimum Gasteiger partial charge on any atom is -0.496 e. The maximum absolute atomic E-state index is 12.2. The van der Waals surface area contributed by atoms with Gasteiger partial charge >= 0.3 is 0 Å². The van der Waals surface area contributed by atoms with Crippen LogP contribution in [-0.4, -0.2) is 31.8 Å². The summed E-state index contributed by atoms with van der Waals surface area (Å²) in [5.41, 5.74) is 6.73. The number of hydrogen-bond donors (Lipinski definition) is 2. The number of amides is 1. The lowest BCUT2D eigenvalue weighted by molar-refractivity contribution is -0.00864. The molecular formula is C14H20N2O3. The van der Waals surface area contributed by atoms with Crippen LogP contribution in [-0.2, 0) is 4.74 Å². The van der Waals surface area contributed by atoms with Crippen molar-refractivity contribution in [3.63, 3.8) is 0 Å². The Morgan fingerprint density at radius 2 is 2.21 bits per heavy atom. The minimum absolute atomic E-state index is 0.149. The van der Waals surface area contributed by atoms with Crippen LogP contribution in [0.25, 0.3) is 0 Å². The Bertz CT molecular complexity index is 456. The lowest BCUT2D eigenvalue weighted by Gasteiger charge is -2.35. The van der Waals surface area contributed by atoms with Gasteiger partial charge in [0.25, 0.3) is 5.91 Å². The largest absolute Gasteiger partial charge is 0.496 e. The first-order valence-electron chi connectivity index (χ1n) is 6.50. The standard InChI is InChI=1S/C14H20N2O3/c1-3-19-11-7-10(8-11)16-14(17)12-6-9(15)4-5-13(12)18-2/h4-6,10-11H,3,7-8,15H2,1-2H3,(H,16,17). The van der Waals surface area contributed by atoms with Crippen LogP contribution in [0.1, 0.15) is 30.1 Å². The molecule has 0 radical (unpaired) electrons. The maximum Gasteiger partial charge on any atom is 0.255 e. The molecule has 0 unspecified atom stereocenters. The molecule has 0 heterocycles. The molecule has 1 aliphatic carbocycles. The number of anilines is 1. The van der Waals surface area contributed by atoms with Crippen LogP contribution < -0.4 is 15.8 Å². The van der Waals surface area contributed by atoms with Gasteiger partial charge in [-0.05, 0) is 38.0 Å². The quantitative estimate of drug-likeness (QED) is 0.792. The van der Waals surface area contributed by atoms with E-state index in [1.54, 1.807) is 18.2 Å². The van der Waals surface area contributed by atoms with E-state index >= 15 is 0 Å². The number of benzene rings is 1. The molecule has 1 saturated carbocycles. The molecular weight excluding hydrogens is 244 g/mol. The number of methoxy groups -OCH3 is 1. The first-order valence-corrected chi connectivity index (χ1v) is 6.50. The first kappa shape index (κ1) is 13.7. The molecule has 0 aliphatic heterocycles. The van der Waals surface area contributed by atoms with Crippen LogP contribution in [0.4, 0.5) is 5.69 Å². The van der Waals surface area contributed by atoms with Crippen molar-refractivity contribution in [2.75, 3.05) is 19.5 Å². The van der Waals surface area contributed by atoms with Crippen molar-refractivity contribution in [1.29, 1.82) is 0 Å². The third-order valence-electron chi connectivity index (χ3n) is 3.30. The molecule has 0 spiro atoms. The number of carbonyl (C=O) groups is 1. The number of hydrogen-bond acceptors (Lipinski definition) is 4. The average molecular weight is 264 g/mol. The van der Waals surface area contributed by atoms with Gasteiger partial charge in [0.1, 0.15) is 5.75 Å². The molecule has 2 rings (SSSR count). The highest BCUT2D eigenvalue weighted by Crippen LogP contribution is 2.25. The Kier molecular flexibility index (Phi) is 4.27. The third-order valence-corrected chi connectivity index (χ3v) is 3.30. The van der Waals surface area contributed by atoms with E-state index in [1.807, 2.05) is 6.92 Å². The second-order valence-corrected chi connectivity index (χ2v) is 4.68. The molecule has 0 atom stereocenters. The second-order valence-electron chi connectivity index (χ2n) is 4.68. The van der Waals surface area contributed by atoms with Crippen LogP contribution in [0.5, 0.6) is 5.75 Å². The zero-order valence-electron chi connectivity index (χ0n) is 11.3. The molecule has 3 N–H and O–H groups in total. The van der Waals surface area contributed by atoms with Crippen molar-refractivity contribution < 1.29 is 14.3 Å². The van der Waals surface area contributed by atoms with Gasteiger partial charge in [-0.25, -0.2) is 0 Å². The summed E-state index contributed by atoms with van der Waals surface area (Å²) in [6, 6.07) is 5.22. The van der Waals surface area contributed by atoms with Gasteiger partial charge in [-0.1, -0.05) is 0 Å². The lowest BCUT2D eigenvalue weighted by Crippen LogP contribution is -2.47. The van der Waals surface area contributed by atoms with Crippen LogP contribution in [0.15, 0.2) is 18.2 Å². The second kappa shape index (κ2) is 5.93. The zero-order chi connectivity index (χ0) is 13.8. The fraction of sp³-hybridized carbons (Fsp3) is 0.500. The Hall–Kier alpha value is -1.75. The summed E-state index contributed by atoms with van der Waals surface area (Å²) in [5.74, 6) is 0.386. The van der Waals surface area contributed by atoms with E-state index in [2.05, 4.69) is 5.32 Å². The summed E-state index contributed by atoms with van der Waals surface area (Å²) in [5, 5.41) is 2.97. The van der Waals surface area contributed by atoms with E-state index in [0.29, 0.717) is 23.6 Å². The van der Waals surface area contributed by atoms with E-state index in [-0.39, 0.29) is 18.1 Å². The summed E-state index contributed by atoms with van der Waals surface area (Å²) in [6.45, 7) is 2.69. The first-order chi connectivity index (χ1) is 9.13. The average Bonchev–Trinajstić information content (AvgIpc) is 2.36. The molecule has 5 nitrogen and oxygen atoms in total. The van der Waals surface area contributed by atoms with Gasteiger partial charge in [0.05, 0.1) is 18.8 Å². The molecule has 1 aromatic carbocycles. The SMILES string of the molecule is CCOC1CC(NC(=O)c2cc(N)ccc2OC)C1. The maximum atomic E-state index is 12.2. The molecule has 5 heteroatoms. The topological polar surface area (TPSA) is 73.6 Å². The molecule has 1 aromatic rings. The zero-order valence-corrected chi connectivity index (χ0v) is 11.3. The van der Waals surface area contributed by atoms with E-state index in [4.69, 9.17) is 15.2 Å². The van der Waals surface area contributed by atoms with Crippen LogP contribution in [0, 0.1) is 0 Å². The molecule has 0 aromatic heterocycles. The molecule has 104 valence electrons. The highest BCUT2D eigenvalue weighted by atomic mass is 16.5. The predicted molar refractivity (Wildman–Crippen MR) is 73.3 cm³/mol. The number of ether oxygens (including phenoxy) is 2. The number of carbonyl (C=O) groups excluding carboxylic acids is 1. The Morgan fingerprint density at radius 3 is 2.84 bits per heavy atom. The third kappa shape index (κ3) is 3.17. The van der Waals surface area contributed by atoms with Crippen molar-refractivity contribution in [3.8, 4) is 5.75 Å². The summed E-state index contributed by atoms with van der Waals surface area (Å²) < 4.78 is 10.6. The van der Waals surface area contributed by atoms with Crippen LogP contribution in [0.2, 0.25) is 0 Å². The molecule has 0 saturated heterocycles. The fourth-order valence-corrected chi connectivity index (χ4v) is 2.22. The van der Waals surface area contributed by atoms with Gasteiger partial charge in [0.2, 0.25) is 0 Å². The predicted octanol–water partition coefficient (Wildman–Crippen LogP) is 1.57. The van der Waals surface area contributed by atoms with Gasteiger partial charge in [0.15, 0.2) is 0 Å². The van der Waals surface area contributed by atoms with Gasteiger partial charge in [0, 0.05) is 18.3 Å². The van der Waals surface area contributed by atoms with E-state index in [9.17, 15) is 4.79 Å². The number of nitrogens with two attached hydrogens (primary N) is 1. The molecule has 1 amide bonds. The smallest absolute Gasteiger partial charge is 0.255 e. The van der Waals surface area contributed by atoms with Crippen LogP contribution >= 0.6 is 0 Å². The van der Waals surface area contributed by atoms with Gasteiger partial charge in [-0.3, -0.25) is 4.79 Å². The van der Waals surface area contributed by atoms with Gasteiger partial charge < -0.3 is 20.5 Å². The van der Waals surface area contributed by atoms with Crippen molar-refractivity contribution in [2.45, 2.75) is 31.9 Å². The lowest BCUT2D eigenvalue weighted by atomic mass is 9.89. The summed E-state index contributed by atoms with van der Waals surface area (Å²) in [7, 11) is 1.54. The molecule has 19 heavy (non-hydrogen) atoms. The van der Waals surface area contributed by atoms with E-state index in [1.165, 1.54) is 7.11 Å². The highest BCUT2D eigenvalue weighted by Gasteiger charge is 2.31. The monoisotopic (exact) mass is 264 g/mol. The fourth-order valence-electron chi connectivity index (χ4n) is 2.22. The minimum atomic E-state index is -0.149. The number of rotatable bonds is 5. The van der Waals surface area contributed by atoms with Gasteiger partial charge in [-0.15, -0.1) is 0 Å². The normalized spacial score (nSPS) is 21.6. The van der Waals surface area contributed by atoms with Crippen LogP contribution in [0.3, 0.4) is 0 Å². The Morgan fingerprint density at radius 1 is 1.47 bits per heavy atom.